The van der Waals surface area contributed by atoms with Crippen LogP contribution in [0.25, 0.3) is 11.3 Å². The third kappa shape index (κ3) is 4.27. The number of hydrogen-bond acceptors (Lipinski definition) is 6. The molecule has 10 heteroatoms. The largest absolute Gasteiger partial charge is 0.310 e. The van der Waals surface area contributed by atoms with Crippen molar-refractivity contribution >= 4 is 46.6 Å². The molecule has 0 unspecified atom stereocenters. The maximum Gasteiger partial charge on any atom is 0.231 e. The van der Waals surface area contributed by atoms with E-state index in [2.05, 4.69) is 25.4 Å². The summed E-state index contributed by atoms with van der Waals surface area (Å²) >= 11 is 12.8. The molecule has 8 nitrogen and oxygen atoms in total. The molecule has 0 saturated carbocycles. The summed E-state index contributed by atoms with van der Waals surface area (Å²) < 4.78 is 1.70. The fourth-order valence-electron chi connectivity index (χ4n) is 3.89. The van der Waals surface area contributed by atoms with Gasteiger partial charge in [0.25, 0.3) is 0 Å². The van der Waals surface area contributed by atoms with E-state index in [0.717, 1.165) is 28.3 Å². The molecule has 0 saturated heterocycles. The summed E-state index contributed by atoms with van der Waals surface area (Å²) in [5.41, 5.74) is 4.03. The van der Waals surface area contributed by atoms with Gasteiger partial charge in [-0.2, -0.15) is 5.10 Å². The van der Waals surface area contributed by atoms with Crippen molar-refractivity contribution in [1.82, 2.24) is 24.7 Å². The van der Waals surface area contributed by atoms with Crippen LogP contribution in [0.1, 0.15) is 11.1 Å². The molecule has 0 fully saturated rings. The molecule has 1 N–H and O–H groups in total. The van der Waals surface area contributed by atoms with Gasteiger partial charge >= 0.3 is 0 Å². The number of aryl methyl sites for hydroxylation is 1. The highest BCUT2D eigenvalue weighted by Crippen LogP contribution is 2.39. The van der Waals surface area contributed by atoms with Crippen molar-refractivity contribution in [3.05, 3.63) is 76.3 Å². The number of carbonyl (C=O) groups is 1. The highest BCUT2D eigenvalue weighted by atomic mass is 35.5. The molecule has 166 valence electrons. The molecule has 3 aromatic heterocycles. The molecular formula is C23H19Cl2N7O. The molecule has 0 spiro atoms. The molecule has 1 aliphatic rings. The minimum atomic E-state index is -0.0667. The van der Waals surface area contributed by atoms with E-state index < -0.39 is 0 Å². The molecule has 5 rings (SSSR count). The van der Waals surface area contributed by atoms with Gasteiger partial charge in [0, 0.05) is 37.6 Å². The molecule has 4 aromatic rings. The number of nitrogens with zero attached hydrogens (tertiary/aromatic N) is 6. The zero-order chi connectivity index (χ0) is 22.9. The lowest BCUT2D eigenvalue weighted by molar-refractivity contribution is -0.117. The van der Waals surface area contributed by atoms with Gasteiger partial charge in [0.15, 0.2) is 0 Å². The Balaban J connectivity index is 1.40. The van der Waals surface area contributed by atoms with Gasteiger partial charge in [0.05, 0.1) is 29.0 Å². The van der Waals surface area contributed by atoms with Crippen molar-refractivity contribution in [2.24, 2.45) is 7.05 Å². The van der Waals surface area contributed by atoms with E-state index in [1.165, 1.54) is 0 Å². The molecule has 4 heterocycles. The number of hydrogen-bond donors (Lipinski definition) is 1. The zero-order valence-electron chi connectivity index (χ0n) is 17.7. The molecular weight excluding hydrogens is 461 g/mol. The number of pyridine rings is 1. The van der Waals surface area contributed by atoms with Gasteiger partial charge in [0.1, 0.15) is 11.0 Å². The van der Waals surface area contributed by atoms with E-state index in [0.29, 0.717) is 34.7 Å². The van der Waals surface area contributed by atoms with Crippen LogP contribution in [0.3, 0.4) is 0 Å². The Kier molecular flexibility index (Phi) is 5.70. The average molecular weight is 480 g/mol. The van der Waals surface area contributed by atoms with Crippen molar-refractivity contribution < 1.29 is 4.79 Å². The first kappa shape index (κ1) is 21.4. The highest BCUT2D eigenvalue weighted by Gasteiger charge is 2.28. The van der Waals surface area contributed by atoms with Crippen molar-refractivity contribution in [2.45, 2.75) is 12.8 Å². The van der Waals surface area contributed by atoms with Crippen LogP contribution in [0.5, 0.6) is 0 Å². The zero-order valence-corrected chi connectivity index (χ0v) is 19.2. The lowest BCUT2D eigenvalue weighted by Gasteiger charge is -2.19. The van der Waals surface area contributed by atoms with Crippen LogP contribution >= 0.6 is 23.2 Å². The van der Waals surface area contributed by atoms with Crippen molar-refractivity contribution in [3.63, 3.8) is 0 Å². The fraction of sp³-hybridized carbons (Fsp3) is 0.174. The van der Waals surface area contributed by atoms with Crippen LogP contribution < -0.4 is 10.2 Å². The first-order valence-electron chi connectivity index (χ1n) is 10.3. The van der Waals surface area contributed by atoms with Gasteiger partial charge in [0.2, 0.25) is 11.9 Å². The standard InChI is InChI=1S/C23H19Cl2N7O/c1-31-19(5-9-28-31)30-23-27-8-4-18(29-23)16-11-14-6-10-32(21(14)17(24)12-16)20(33)13-15-3-2-7-26-22(15)25/h2-5,7-9,11-12H,6,10,13H2,1H3,(H,27,29,30). The van der Waals surface area contributed by atoms with Gasteiger partial charge in [-0.05, 0) is 41.8 Å². The van der Waals surface area contributed by atoms with Crippen LogP contribution in [0.2, 0.25) is 10.2 Å². The summed E-state index contributed by atoms with van der Waals surface area (Å²) in [6.45, 7) is 0.562. The van der Waals surface area contributed by atoms with Gasteiger partial charge in [-0.3, -0.25) is 9.48 Å². The highest BCUT2D eigenvalue weighted by molar-refractivity contribution is 6.34. The summed E-state index contributed by atoms with van der Waals surface area (Å²) in [5.74, 6) is 1.17. The third-order valence-electron chi connectivity index (χ3n) is 5.51. The summed E-state index contributed by atoms with van der Waals surface area (Å²) in [7, 11) is 1.84. The average Bonchev–Trinajstić information content (AvgIpc) is 3.42. The smallest absolute Gasteiger partial charge is 0.231 e. The van der Waals surface area contributed by atoms with Gasteiger partial charge in [-0.15, -0.1) is 0 Å². The molecule has 1 aromatic carbocycles. The Bertz CT molecular complexity index is 1350. The predicted octanol–water partition coefficient (Wildman–Crippen LogP) is 4.45. The lowest BCUT2D eigenvalue weighted by Crippen LogP contribution is -2.30. The molecule has 1 amide bonds. The first-order chi connectivity index (χ1) is 16.0. The summed E-state index contributed by atoms with van der Waals surface area (Å²) in [6.07, 6.45) is 5.86. The van der Waals surface area contributed by atoms with Crippen LogP contribution in [0.15, 0.2) is 55.0 Å². The predicted molar refractivity (Wildman–Crippen MR) is 128 cm³/mol. The number of fused-ring (bicyclic) bond motifs is 1. The second-order valence-electron chi connectivity index (χ2n) is 7.62. The summed E-state index contributed by atoms with van der Waals surface area (Å²) in [4.78, 5) is 27.7. The number of amides is 1. The SMILES string of the molecule is Cn1nccc1Nc1nccc(-c2cc(Cl)c3c(c2)CCN3C(=O)Cc2cccnc2Cl)n1. The second-order valence-corrected chi connectivity index (χ2v) is 8.39. The molecule has 0 bridgehead atoms. The van der Waals surface area contributed by atoms with Crippen molar-refractivity contribution in [3.8, 4) is 11.3 Å². The number of carbonyl (C=O) groups excluding carboxylic acids is 1. The first-order valence-corrected chi connectivity index (χ1v) is 11.1. The van der Waals surface area contributed by atoms with Crippen LogP contribution in [0.4, 0.5) is 17.5 Å². The topological polar surface area (TPSA) is 88.8 Å². The summed E-state index contributed by atoms with van der Waals surface area (Å²) in [5, 5.41) is 8.13. The minimum absolute atomic E-state index is 0.0667. The second kappa shape index (κ2) is 8.80. The number of benzene rings is 1. The number of nitrogens with one attached hydrogen (secondary N) is 1. The quantitative estimate of drug-likeness (QED) is 0.425. The normalized spacial score (nSPS) is 12.6. The van der Waals surface area contributed by atoms with Crippen molar-refractivity contribution in [1.29, 1.82) is 0 Å². The maximum atomic E-state index is 13.0. The van der Waals surface area contributed by atoms with Crippen LogP contribution in [0, 0.1) is 0 Å². The number of halogens is 2. The van der Waals surface area contributed by atoms with Crippen LogP contribution in [-0.4, -0.2) is 37.2 Å². The Morgan fingerprint density at radius 2 is 2.00 bits per heavy atom. The molecule has 1 aliphatic heterocycles. The number of rotatable bonds is 5. The molecule has 0 aliphatic carbocycles. The van der Waals surface area contributed by atoms with E-state index in [1.54, 1.807) is 40.3 Å². The number of aromatic nitrogens is 5. The van der Waals surface area contributed by atoms with E-state index in [-0.39, 0.29) is 12.3 Å². The van der Waals surface area contributed by atoms with Gasteiger partial charge in [-0.1, -0.05) is 29.3 Å². The van der Waals surface area contributed by atoms with E-state index in [4.69, 9.17) is 23.2 Å². The lowest BCUT2D eigenvalue weighted by atomic mass is 10.1. The van der Waals surface area contributed by atoms with Gasteiger partial charge in [-0.25, -0.2) is 15.0 Å². The summed E-state index contributed by atoms with van der Waals surface area (Å²) in [6, 6.07) is 11.1. The Morgan fingerprint density at radius 1 is 1.12 bits per heavy atom. The van der Waals surface area contributed by atoms with Crippen LogP contribution in [-0.2, 0) is 24.7 Å². The Labute approximate surface area is 200 Å². The maximum absolute atomic E-state index is 13.0. The Hall–Kier alpha value is -3.49. The van der Waals surface area contributed by atoms with E-state index in [9.17, 15) is 4.79 Å². The van der Waals surface area contributed by atoms with Gasteiger partial charge < -0.3 is 10.2 Å². The monoisotopic (exact) mass is 479 g/mol. The third-order valence-corrected chi connectivity index (χ3v) is 6.14. The molecule has 0 radical (unpaired) electrons. The van der Waals surface area contributed by atoms with E-state index >= 15 is 0 Å². The molecule has 33 heavy (non-hydrogen) atoms. The number of anilines is 3. The van der Waals surface area contributed by atoms with Crippen molar-refractivity contribution in [2.75, 3.05) is 16.8 Å². The minimum Gasteiger partial charge on any atom is -0.310 e. The molecule has 0 atom stereocenters. The van der Waals surface area contributed by atoms with E-state index in [1.807, 2.05) is 31.3 Å². The Morgan fingerprint density at radius 3 is 2.79 bits per heavy atom. The fourth-order valence-corrected chi connectivity index (χ4v) is 4.42.